The summed E-state index contributed by atoms with van der Waals surface area (Å²) in [6, 6.07) is 0. The fourth-order valence-corrected chi connectivity index (χ4v) is 2.56. The predicted molar refractivity (Wildman–Crippen MR) is 85.0 cm³/mol. The van der Waals surface area contributed by atoms with Crippen molar-refractivity contribution < 1.29 is 0 Å². The van der Waals surface area contributed by atoms with Gasteiger partial charge >= 0.3 is 0 Å². The van der Waals surface area contributed by atoms with E-state index >= 15 is 0 Å². The van der Waals surface area contributed by atoms with Gasteiger partial charge in [0.05, 0.1) is 0 Å². The van der Waals surface area contributed by atoms with Crippen LogP contribution in [-0.2, 0) is 0 Å². The Morgan fingerprint density at radius 2 is 1.44 bits per heavy atom. The minimum absolute atomic E-state index is 0.841. The number of hydrogen-bond acceptors (Lipinski definition) is 0. The summed E-state index contributed by atoms with van der Waals surface area (Å²) in [4.78, 5) is 0. The fraction of sp³-hybridized carbons (Fsp3) is 0.889. The van der Waals surface area contributed by atoms with Crippen molar-refractivity contribution in [3.8, 4) is 0 Å². The molecule has 2 atom stereocenters. The van der Waals surface area contributed by atoms with E-state index in [-0.39, 0.29) is 0 Å². The van der Waals surface area contributed by atoms with E-state index in [1.807, 2.05) is 0 Å². The lowest BCUT2D eigenvalue weighted by Gasteiger charge is -2.18. The molecule has 0 bridgehead atoms. The molecule has 0 aliphatic carbocycles. The molecule has 0 aliphatic rings. The molecule has 0 nitrogen and oxygen atoms in total. The maximum atomic E-state index is 2.52. The summed E-state index contributed by atoms with van der Waals surface area (Å²) in [6.45, 7) is 9.31. The molecule has 0 saturated heterocycles. The third-order valence-electron chi connectivity index (χ3n) is 3.82. The Labute approximate surface area is 116 Å². The summed E-state index contributed by atoms with van der Waals surface area (Å²) in [5.41, 5.74) is 0. The van der Waals surface area contributed by atoms with Crippen molar-refractivity contribution in [1.82, 2.24) is 0 Å². The van der Waals surface area contributed by atoms with E-state index in [2.05, 4.69) is 39.8 Å². The first kappa shape index (κ1) is 17.7. The Morgan fingerprint density at radius 3 is 2.06 bits per heavy atom. The zero-order valence-corrected chi connectivity index (χ0v) is 13.4. The minimum atomic E-state index is 0.841. The van der Waals surface area contributed by atoms with Crippen LogP contribution in [0.3, 0.4) is 0 Å². The van der Waals surface area contributed by atoms with Crippen LogP contribution in [-0.4, -0.2) is 0 Å². The summed E-state index contributed by atoms with van der Waals surface area (Å²) in [6.07, 6.45) is 18.6. The van der Waals surface area contributed by atoms with E-state index in [0.717, 1.165) is 11.8 Å². The largest absolute Gasteiger partial charge is 0.0883 e. The van der Waals surface area contributed by atoms with E-state index in [4.69, 9.17) is 0 Å². The van der Waals surface area contributed by atoms with Gasteiger partial charge in [-0.1, -0.05) is 84.8 Å². The highest BCUT2D eigenvalue weighted by Crippen LogP contribution is 2.23. The van der Waals surface area contributed by atoms with Crippen LogP contribution < -0.4 is 0 Å². The average Bonchev–Trinajstić information content (AvgIpc) is 2.38. The highest BCUT2D eigenvalue weighted by atomic mass is 14.2. The van der Waals surface area contributed by atoms with Crippen LogP contribution in [0.25, 0.3) is 0 Å². The van der Waals surface area contributed by atoms with Crippen LogP contribution in [0.1, 0.15) is 91.9 Å². The molecule has 0 aromatic heterocycles. The van der Waals surface area contributed by atoms with Gasteiger partial charge in [0, 0.05) is 0 Å². The quantitative estimate of drug-likeness (QED) is 0.266. The number of hydrogen-bond donors (Lipinski definition) is 0. The van der Waals surface area contributed by atoms with Gasteiger partial charge in [-0.3, -0.25) is 0 Å². The van der Waals surface area contributed by atoms with Gasteiger partial charge in [-0.05, 0) is 31.1 Å². The molecule has 0 heteroatoms. The fourth-order valence-electron chi connectivity index (χ4n) is 2.56. The lowest BCUT2D eigenvalue weighted by molar-refractivity contribution is 0.388. The summed E-state index contributed by atoms with van der Waals surface area (Å²) >= 11 is 0. The van der Waals surface area contributed by atoms with Crippen LogP contribution in [0.4, 0.5) is 0 Å². The molecule has 18 heavy (non-hydrogen) atoms. The molecule has 0 rings (SSSR count). The first-order valence-electron chi connectivity index (χ1n) is 8.41. The molecule has 0 amide bonds. The standard InChI is InChI=1S/C18H36/c1-5-8-11-12-15-18(14-10-7-3)16-17(4)13-9-6-2/h12,15,17-18H,5-11,13-14,16H2,1-4H3/b15-12-. The van der Waals surface area contributed by atoms with Gasteiger partial charge in [0.1, 0.15) is 0 Å². The molecule has 0 aromatic rings. The maximum absolute atomic E-state index is 2.52. The van der Waals surface area contributed by atoms with Crippen LogP contribution >= 0.6 is 0 Å². The second-order valence-corrected chi connectivity index (χ2v) is 5.96. The Kier molecular flexibility index (Phi) is 13.0. The first-order valence-corrected chi connectivity index (χ1v) is 8.41. The molecule has 0 fully saturated rings. The normalized spacial score (nSPS) is 15.1. The van der Waals surface area contributed by atoms with E-state index < -0.39 is 0 Å². The lowest BCUT2D eigenvalue weighted by atomic mass is 9.88. The van der Waals surface area contributed by atoms with Gasteiger partial charge in [0.25, 0.3) is 0 Å². The summed E-state index contributed by atoms with van der Waals surface area (Å²) in [5, 5.41) is 0. The van der Waals surface area contributed by atoms with Crippen molar-refractivity contribution in [1.29, 1.82) is 0 Å². The van der Waals surface area contributed by atoms with Crippen molar-refractivity contribution in [3.05, 3.63) is 12.2 Å². The van der Waals surface area contributed by atoms with Crippen LogP contribution in [0, 0.1) is 11.8 Å². The van der Waals surface area contributed by atoms with Gasteiger partial charge in [0.15, 0.2) is 0 Å². The summed E-state index contributed by atoms with van der Waals surface area (Å²) in [7, 11) is 0. The van der Waals surface area contributed by atoms with Crippen LogP contribution in [0.5, 0.6) is 0 Å². The summed E-state index contributed by atoms with van der Waals surface area (Å²) < 4.78 is 0. The molecule has 0 heterocycles. The van der Waals surface area contributed by atoms with E-state index in [1.54, 1.807) is 0 Å². The van der Waals surface area contributed by atoms with Crippen molar-refractivity contribution in [2.45, 2.75) is 91.9 Å². The van der Waals surface area contributed by atoms with E-state index in [0.29, 0.717) is 0 Å². The van der Waals surface area contributed by atoms with Crippen molar-refractivity contribution in [3.63, 3.8) is 0 Å². The Hall–Kier alpha value is -0.260. The molecule has 0 radical (unpaired) electrons. The molecular formula is C18H36. The monoisotopic (exact) mass is 252 g/mol. The van der Waals surface area contributed by atoms with Gasteiger partial charge in [-0.25, -0.2) is 0 Å². The smallest absolute Gasteiger partial charge is 0.0231 e. The summed E-state index contributed by atoms with van der Waals surface area (Å²) in [5.74, 6) is 1.75. The molecular weight excluding hydrogens is 216 g/mol. The topological polar surface area (TPSA) is 0 Å². The lowest BCUT2D eigenvalue weighted by Crippen LogP contribution is -2.04. The maximum Gasteiger partial charge on any atom is -0.0231 e. The molecule has 2 unspecified atom stereocenters. The molecule has 0 spiro atoms. The zero-order valence-electron chi connectivity index (χ0n) is 13.4. The van der Waals surface area contributed by atoms with Gasteiger partial charge in [0.2, 0.25) is 0 Å². The Morgan fingerprint density at radius 1 is 0.833 bits per heavy atom. The second-order valence-electron chi connectivity index (χ2n) is 5.96. The number of allylic oxidation sites excluding steroid dienone is 2. The van der Waals surface area contributed by atoms with E-state index in [9.17, 15) is 0 Å². The number of rotatable bonds is 12. The van der Waals surface area contributed by atoms with Gasteiger partial charge in [-0.15, -0.1) is 0 Å². The van der Waals surface area contributed by atoms with Gasteiger partial charge < -0.3 is 0 Å². The number of unbranched alkanes of at least 4 members (excludes halogenated alkanes) is 4. The highest BCUT2D eigenvalue weighted by Gasteiger charge is 2.09. The van der Waals surface area contributed by atoms with Crippen LogP contribution in [0.2, 0.25) is 0 Å². The average molecular weight is 252 g/mol. The van der Waals surface area contributed by atoms with Crippen molar-refractivity contribution >= 4 is 0 Å². The third kappa shape index (κ3) is 10.9. The first-order chi connectivity index (χ1) is 8.74. The van der Waals surface area contributed by atoms with E-state index in [1.165, 1.54) is 64.2 Å². The molecule has 0 N–H and O–H groups in total. The van der Waals surface area contributed by atoms with Crippen molar-refractivity contribution in [2.75, 3.05) is 0 Å². The van der Waals surface area contributed by atoms with Crippen molar-refractivity contribution in [2.24, 2.45) is 11.8 Å². The molecule has 108 valence electrons. The Bertz CT molecular complexity index is 180. The molecule has 0 saturated carbocycles. The SMILES string of the molecule is CCCC/C=C\C(CCCC)CC(C)CCCC. The second kappa shape index (κ2) is 13.2. The third-order valence-corrected chi connectivity index (χ3v) is 3.82. The highest BCUT2D eigenvalue weighted by molar-refractivity contribution is 4.89. The molecule has 0 aliphatic heterocycles. The van der Waals surface area contributed by atoms with Gasteiger partial charge in [-0.2, -0.15) is 0 Å². The molecule has 0 aromatic carbocycles. The zero-order chi connectivity index (χ0) is 13.6. The predicted octanol–water partition coefficient (Wildman–Crippen LogP) is 6.76. The van der Waals surface area contributed by atoms with Crippen LogP contribution in [0.15, 0.2) is 12.2 Å². The minimum Gasteiger partial charge on any atom is -0.0883 e. The Balaban J connectivity index is 3.99.